The molecule has 1 heterocycles. The lowest BCUT2D eigenvalue weighted by Gasteiger charge is -2.17. The van der Waals surface area contributed by atoms with Crippen molar-refractivity contribution in [3.63, 3.8) is 0 Å². The molecule has 1 fully saturated rings. The Kier molecular flexibility index (Phi) is 4.80. The van der Waals surface area contributed by atoms with Crippen LogP contribution < -0.4 is 4.90 Å². The molecule has 1 aliphatic heterocycles. The van der Waals surface area contributed by atoms with E-state index in [1.165, 1.54) is 25.0 Å². The van der Waals surface area contributed by atoms with Gasteiger partial charge in [0.1, 0.15) is 0 Å². The summed E-state index contributed by atoms with van der Waals surface area (Å²) in [5.74, 6) is 0. The van der Waals surface area contributed by atoms with Crippen LogP contribution in [0.25, 0.3) is 11.6 Å². The Morgan fingerprint density at radius 2 is 1.72 bits per heavy atom. The van der Waals surface area contributed by atoms with Gasteiger partial charge in [-0.05, 0) is 54.3 Å². The van der Waals surface area contributed by atoms with E-state index in [9.17, 15) is 18.4 Å². The molecule has 0 atom stereocenters. The van der Waals surface area contributed by atoms with Gasteiger partial charge in [-0.1, -0.05) is 24.3 Å². The molecule has 5 heteroatoms. The number of alkyl halides is 3. The number of hydrogen-bond donors (Lipinski definition) is 0. The van der Waals surface area contributed by atoms with Crippen LogP contribution in [0.5, 0.6) is 0 Å². The summed E-state index contributed by atoms with van der Waals surface area (Å²) in [5.41, 5.74) is 1.64. The molecule has 0 radical (unpaired) electrons. The first kappa shape index (κ1) is 17.1. The predicted molar refractivity (Wildman–Crippen MR) is 92.8 cm³/mol. The highest BCUT2D eigenvalue weighted by Crippen LogP contribution is 2.31. The van der Waals surface area contributed by atoms with Crippen LogP contribution in [0.1, 0.15) is 29.5 Å². The third-order valence-corrected chi connectivity index (χ3v) is 4.30. The first-order valence-electron chi connectivity index (χ1n) is 8.12. The second-order valence-corrected chi connectivity index (χ2v) is 6.03. The summed E-state index contributed by atoms with van der Waals surface area (Å²) in [6.45, 7) is 2.09. The highest BCUT2D eigenvalue weighted by molar-refractivity contribution is 5.89. The van der Waals surface area contributed by atoms with Crippen molar-refractivity contribution < 1.29 is 13.2 Å². The SMILES string of the molecule is N#C/C(=C/c1ccc(N2CCCC2)cc1)c1cccc(C(F)(F)F)c1. The van der Waals surface area contributed by atoms with Crippen molar-refractivity contribution in [2.24, 2.45) is 0 Å². The Morgan fingerprint density at radius 3 is 2.32 bits per heavy atom. The van der Waals surface area contributed by atoms with Gasteiger partial charge in [-0.15, -0.1) is 0 Å². The topological polar surface area (TPSA) is 27.0 Å². The molecule has 3 rings (SSSR count). The molecule has 0 bridgehead atoms. The molecular formula is C20H17F3N2. The van der Waals surface area contributed by atoms with Crippen molar-refractivity contribution >= 4 is 17.3 Å². The van der Waals surface area contributed by atoms with E-state index in [1.807, 2.05) is 30.3 Å². The van der Waals surface area contributed by atoms with E-state index < -0.39 is 11.7 Å². The Balaban J connectivity index is 1.87. The molecule has 0 N–H and O–H groups in total. The second kappa shape index (κ2) is 7.02. The highest BCUT2D eigenvalue weighted by Gasteiger charge is 2.30. The molecule has 2 aromatic rings. The minimum Gasteiger partial charge on any atom is -0.372 e. The maximum atomic E-state index is 12.8. The summed E-state index contributed by atoms with van der Waals surface area (Å²) in [5, 5.41) is 9.35. The van der Waals surface area contributed by atoms with Crippen LogP contribution in [0, 0.1) is 11.3 Å². The summed E-state index contributed by atoms with van der Waals surface area (Å²) in [4.78, 5) is 2.30. The second-order valence-electron chi connectivity index (χ2n) is 6.03. The lowest BCUT2D eigenvalue weighted by Crippen LogP contribution is -2.17. The fraction of sp³-hybridized carbons (Fsp3) is 0.250. The minimum absolute atomic E-state index is 0.208. The van der Waals surface area contributed by atoms with E-state index in [0.29, 0.717) is 0 Å². The highest BCUT2D eigenvalue weighted by atomic mass is 19.4. The predicted octanol–water partition coefficient (Wildman–Crippen LogP) is 5.37. The molecule has 0 saturated carbocycles. The number of anilines is 1. The van der Waals surface area contributed by atoms with Gasteiger partial charge in [0.2, 0.25) is 0 Å². The van der Waals surface area contributed by atoms with E-state index in [4.69, 9.17) is 0 Å². The van der Waals surface area contributed by atoms with Crippen LogP contribution in [-0.4, -0.2) is 13.1 Å². The summed E-state index contributed by atoms with van der Waals surface area (Å²) in [6, 6.07) is 14.6. The maximum absolute atomic E-state index is 12.8. The van der Waals surface area contributed by atoms with Crippen LogP contribution in [0.3, 0.4) is 0 Å². The van der Waals surface area contributed by atoms with Crippen molar-refractivity contribution in [1.29, 1.82) is 5.26 Å². The molecule has 0 unspecified atom stereocenters. The molecule has 0 aromatic heterocycles. The first-order chi connectivity index (χ1) is 12.0. The molecule has 0 aliphatic carbocycles. The van der Waals surface area contributed by atoms with E-state index in [1.54, 1.807) is 6.08 Å². The Bertz CT molecular complexity index is 808. The van der Waals surface area contributed by atoms with E-state index in [2.05, 4.69) is 4.90 Å². The summed E-state index contributed by atoms with van der Waals surface area (Å²) >= 11 is 0. The Hall–Kier alpha value is -2.74. The van der Waals surface area contributed by atoms with Gasteiger partial charge in [0.25, 0.3) is 0 Å². The zero-order valence-electron chi connectivity index (χ0n) is 13.6. The normalized spacial score (nSPS) is 15.3. The van der Waals surface area contributed by atoms with Gasteiger partial charge < -0.3 is 4.90 Å². The zero-order chi connectivity index (χ0) is 17.9. The van der Waals surface area contributed by atoms with E-state index >= 15 is 0 Å². The molecule has 2 nitrogen and oxygen atoms in total. The third-order valence-electron chi connectivity index (χ3n) is 4.30. The fourth-order valence-corrected chi connectivity index (χ4v) is 2.97. The molecule has 128 valence electrons. The van der Waals surface area contributed by atoms with Gasteiger partial charge >= 0.3 is 6.18 Å². The number of allylic oxidation sites excluding steroid dienone is 1. The number of halogens is 3. The summed E-state index contributed by atoms with van der Waals surface area (Å²) in [6.07, 6.45) is -0.428. The van der Waals surface area contributed by atoms with E-state index in [0.717, 1.165) is 36.5 Å². The van der Waals surface area contributed by atoms with Crippen LogP contribution in [0.15, 0.2) is 48.5 Å². The molecule has 0 amide bonds. The zero-order valence-corrected chi connectivity index (χ0v) is 13.6. The van der Waals surface area contributed by atoms with Crippen LogP contribution in [-0.2, 0) is 6.18 Å². The third kappa shape index (κ3) is 4.03. The number of benzene rings is 2. The number of hydrogen-bond acceptors (Lipinski definition) is 2. The monoisotopic (exact) mass is 342 g/mol. The van der Waals surface area contributed by atoms with Crippen molar-refractivity contribution in [3.8, 4) is 6.07 Å². The van der Waals surface area contributed by atoms with Crippen LogP contribution in [0.2, 0.25) is 0 Å². The Labute approximate surface area is 144 Å². The van der Waals surface area contributed by atoms with Crippen molar-refractivity contribution in [2.45, 2.75) is 19.0 Å². The number of rotatable bonds is 3. The van der Waals surface area contributed by atoms with Gasteiger partial charge in [0.05, 0.1) is 17.2 Å². The first-order valence-corrected chi connectivity index (χ1v) is 8.12. The lowest BCUT2D eigenvalue weighted by molar-refractivity contribution is -0.137. The van der Waals surface area contributed by atoms with Crippen molar-refractivity contribution in [3.05, 3.63) is 65.2 Å². The molecular weight excluding hydrogens is 325 g/mol. The van der Waals surface area contributed by atoms with E-state index in [-0.39, 0.29) is 11.1 Å². The fourth-order valence-electron chi connectivity index (χ4n) is 2.97. The van der Waals surface area contributed by atoms with Crippen molar-refractivity contribution in [2.75, 3.05) is 18.0 Å². The maximum Gasteiger partial charge on any atom is 0.416 e. The van der Waals surface area contributed by atoms with Gasteiger partial charge in [-0.2, -0.15) is 18.4 Å². The average molecular weight is 342 g/mol. The van der Waals surface area contributed by atoms with Crippen molar-refractivity contribution in [1.82, 2.24) is 0 Å². The minimum atomic E-state index is -4.42. The molecule has 1 aliphatic rings. The largest absolute Gasteiger partial charge is 0.416 e. The summed E-state index contributed by atoms with van der Waals surface area (Å²) in [7, 11) is 0. The Morgan fingerprint density at radius 1 is 1.04 bits per heavy atom. The number of nitrogens with zero attached hydrogens (tertiary/aromatic N) is 2. The summed E-state index contributed by atoms with van der Waals surface area (Å²) < 4.78 is 38.5. The lowest BCUT2D eigenvalue weighted by atomic mass is 10.0. The van der Waals surface area contributed by atoms with Gasteiger partial charge in [0, 0.05) is 18.8 Å². The van der Waals surface area contributed by atoms with Gasteiger partial charge in [-0.3, -0.25) is 0 Å². The quantitative estimate of drug-likeness (QED) is 0.554. The van der Waals surface area contributed by atoms with Crippen LogP contribution >= 0.6 is 0 Å². The molecule has 1 saturated heterocycles. The molecule has 25 heavy (non-hydrogen) atoms. The molecule has 2 aromatic carbocycles. The molecule has 0 spiro atoms. The number of nitriles is 1. The van der Waals surface area contributed by atoms with Gasteiger partial charge in [0.15, 0.2) is 0 Å². The standard InChI is InChI=1S/C20H17F3N2/c21-20(22,23)18-5-3-4-16(13-18)17(14-24)12-15-6-8-19(9-7-15)25-10-1-2-11-25/h3-9,12-13H,1-2,10-11H2/b17-12-. The average Bonchev–Trinajstić information content (AvgIpc) is 3.14. The van der Waals surface area contributed by atoms with Crippen LogP contribution in [0.4, 0.5) is 18.9 Å². The smallest absolute Gasteiger partial charge is 0.372 e. The van der Waals surface area contributed by atoms with Gasteiger partial charge in [-0.25, -0.2) is 0 Å².